The van der Waals surface area contributed by atoms with Gasteiger partial charge in [0, 0.05) is 32.7 Å². The summed E-state index contributed by atoms with van der Waals surface area (Å²) in [6.07, 6.45) is 3.82. The fourth-order valence-corrected chi connectivity index (χ4v) is 2.15. The number of hydrogen-bond acceptors (Lipinski definition) is 3. The molecule has 82 valence electrons. The molecule has 0 aromatic carbocycles. The van der Waals surface area contributed by atoms with Crippen molar-refractivity contribution in [3.63, 3.8) is 0 Å². The lowest BCUT2D eigenvalue weighted by Crippen LogP contribution is -2.53. The highest BCUT2D eigenvalue weighted by Gasteiger charge is 2.38. The van der Waals surface area contributed by atoms with Crippen molar-refractivity contribution >= 4 is 0 Å². The van der Waals surface area contributed by atoms with Crippen LogP contribution in [0.5, 0.6) is 0 Å². The summed E-state index contributed by atoms with van der Waals surface area (Å²) in [5.74, 6) is 0. The van der Waals surface area contributed by atoms with Gasteiger partial charge in [0.15, 0.2) is 0 Å². The van der Waals surface area contributed by atoms with Gasteiger partial charge in [0.05, 0.1) is 11.6 Å². The SMILES string of the molecule is C=CC(NC)C1(OCC)CCOCC1. The average molecular weight is 199 g/mol. The molecule has 0 aromatic rings. The van der Waals surface area contributed by atoms with Gasteiger partial charge in [0.2, 0.25) is 0 Å². The van der Waals surface area contributed by atoms with Crippen LogP contribution in [-0.2, 0) is 9.47 Å². The fourth-order valence-electron chi connectivity index (χ4n) is 2.15. The van der Waals surface area contributed by atoms with Gasteiger partial charge in [-0.25, -0.2) is 0 Å². The Morgan fingerprint density at radius 2 is 2.21 bits per heavy atom. The van der Waals surface area contributed by atoms with Crippen molar-refractivity contribution in [1.29, 1.82) is 0 Å². The Morgan fingerprint density at radius 1 is 1.57 bits per heavy atom. The van der Waals surface area contributed by atoms with Crippen LogP contribution in [0.25, 0.3) is 0 Å². The van der Waals surface area contributed by atoms with Gasteiger partial charge in [-0.05, 0) is 14.0 Å². The van der Waals surface area contributed by atoms with Gasteiger partial charge in [-0.15, -0.1) is 6.58 Å². The molecule has 0 saturated carbocycles. The summed E-state index contributed by atoms with van der Waals surface area (Å²) in [6.45, 7) is 8.20. The second-order valence-electron chi connectivity index (χ2n) is 3.61. The average Bonchev–Trinajstić information content (AvgIpc) is 2.21. The van der Waals surface area contributed by atoms with Crippen molar-refractivity contribution in [2.24, 2.45) is 0 Å². The van der Waals surface area contributed by atoms with E-state index in [1.165, 1.54) is 0 Å². The standard InChI is InChI=1S/C11H21NO2/c1-4-10(12-3)11(14-5-2)6-8-13-9-7-11/h4,10,12H,1,5-9H2,2-3H3. The van der Waals surface area contributed by atoms with Crippen molar-refractivity contribution in [3.8, 4) is 0 Å². The van der Waals surface area contributed by atoms with Gasteiger partial charge >= 0.3 is 0 Å². The Morgan fingerprint density at radius 3 is 2.64 bits per heavy atom. The molecule has 1 heterocycles. The van der Waals surface area contributed by atoms with E-state index in [1.807, 2.05) is 20.0 Å². The Labute approximate surface area is 86.5 Å². The molecule has 0 aliphatic carbocycles. The molecule has 0 aromatic heterocycles. The topological polar surface area (TPSA) is 30.5 Å². The van der Waals surface area contributed by atoms with E-state index in [0.29, 0.717) is 0 Å². The van der Waals surface area contributed by atoms with Crippen molar-refractivity contribution in [1.82, 2.24) is 5.32 Å². The maximum absolute atomic E-state index is 5.90. The molecule has 1 atom stereocenters. The van der Waals surface area contributed by atoms with E-state index in [4.69, 9.17) is 9.47 Å². The second kappa shape index (κ2) is 5.49. The van der Waals surface area contributed by atoms with Gasteiger partial charge in [-0.2, -0.15) is 0 Å². The smallest absolute Gasteiger partial charge is 0.0913 e. The molecule has 1 fully saturated rings. The molecule has 1 unspecified atom stereocenters. The van der Waals surface area contributed by atoms with Gasteiger partial charge in [-0.3, -0.25) is 0 Å². The first kappa shape index (κ1) is 11.7. The lowest BCUT2D eigenvalue weighted by Gasteiger charge is -2.41. The predicted molar refractivity (Wildman–Crippen MR) is 57.5 cm³/mol. The number of rotatable bonds is 5. The van der Waals surface area contributed by atoms with E-state index in [9.17, 15) is 0 Å². The Balaban J connectivity index is 2.71. The zero-order valence-electron chi connectivity index (χ0n) is 9.21. The maximum Gasteiger partial charge on any atom is 0.0913 e. The quantitative estimate of drug-likeness (QED) is 0.678. The maximum atomic E-state index is 5.90. The first-order valence-corrected chi connectivity index (χ1v) is 5.30. The van der Waals surface area contributed by atoms with Crippen LogP contribution < -0.4 is 5.32 Å². The molecule has 1 saturated heterocycles. The van der Waals surface area contributed by atoms with E-state index in [2.05, 4.69) is 11.9 Å². The summed E-state index contributed by atoms with van der Waals surface area (Å²) in [4.78, 5) is 0. The van der Waals surface area contributed by atoms with Crippen molar-refractivity contribution in [2.75, 3.05) is 26.9 Å². The van der Waals surface area contributed by atoms with Crippen LogP contribution in [-0.4, -0.2) is 38.5 Å². The van der Waals surface area contributed by atoms with Crippen LogP contribution in [0.2, 0.25) is 0 Å². The van der Waals surface area contributed by atoms with E-state index >= 15 is 0 Å². The van der Waals surface area contributed by atoms with Gasteiger partial charge in [0.25, 0.3) is 0 Å². The summed E-state index contributed by atoms with van der Waals surface area (Å²) in [7, 11) is 1.95. The molecule has 3 heteroatoms. The highest BCUT2D eigenvalue weighted by Crippen LogP contribution is 2.29. The van der Waals surface area contributed by atoms with Crippen LogP contribution >= 0.6 is 0 Å². The predicted octanol–water partition coefficient (Wildman–Crippen LogP) is 1.35. The summed E-state index contributed by atoms with van der Waals surface area (Å²) < 4.78 is 11.3. The molecule has 0 radical (unpaired) electrons. The molecule has 3 nitrogen and oxygen atoms in total. The summed E-state index contributed by atoms with van der Waals surface area (Å²) in [5, 5.41) is 3.25. The molecule has 14 heavy (non-hydrogen) atoms. The lowest BCUT2D eigenvalue weighted by molar-refractivity contribution is -0.117. The molecule has 0 spiro atoms. The van der Waals surface area contributed by atoms with E-state index in [-0.39, 0.29) is 11.6 Å². The highest BCUT2D eigenvalue weighted by atomic mass is 16.5. The molecule has 1 aliphatic rings. The fraction of sp³-hybridized carbons (Fsp3) is 0.818. The van der Waals surface area contributed by atoms with Gasteiger partial charge < -0.3 is 14.8 Å². The van der Waals surface area contributed by atoms with Crippen LogP contribution in [0, 0.1) is 0 Å². The van der Waals surface area contributed by atoms with E-state index in [1.54, 1.807) is 0 Å². The molecule has 1 aliphatic heterocycles. The third kappa shape index (κ3) is 2.35. The molecule has 1 rings (SSSR count). The van der Waals surface area contributed by atoms with Crippen LogP contribution in [0.4, 0.5) is 0 Å². The first-order valence-electron chi connectivity index (χ1n) is 5.30. The third-order valence-corrected chi connectivity index (χ3v) is 2.88. The van der Waals surface area contributed by atoms with Crippen molar-refractivity contribution in [2.45, 2.75) is 31.4 Å². The summed E-state index contributed by atoms with van der Waals surface area (Å²) >= 11 is 0. The second-order valence-corrected chi connectivity index (χ2v) is 3.61. The van der Waals surface area contributed by atoms with Crippen molar-refractivity contribution < 1.29 is 9.47 Å². The zero-order chi connectivity index (χ0) is 10.4. The number of nitrogens with one attached hydrogen (secondary N) is 1. The van der Waals surface area contributed by atoms with Crippen LogP contribution in [0.15, 0.2) is 12.7 Å². The minimum absolute atomic E-state index is 0.108. The molecule has 0 bridgehead atoms. The third-order valence-electron chi connectivity index (χ3n) is 2.88. The molecule has 1 N–H and O–H groups in total. The van der Waals surface area contributed by atoms with Gasteiger partial charge in [0.1, 0.15) is 0 Å². The van der Waals surface area contributed by atoms with Crippen LogP contribution in [0.3, 0.4) is 0 Å². The minimum atomic E-state index is -0.108. The number of hydrogen-bond donors (Lipinski definition) is 1. The summed E-state index contributed by atoms with van der Waals surface area (Å²) in [5.41, 5.74) is -0.108. The Bertz CT molecular complexity index is 171. The number of likely N-dealkylation sites (N-methyl/N-ethyl adjacent to an activating group) is 1. The Hall–Kier alpha value is -0.380. The lowest BCUT2D eigenvalue weighted by atomic mass is 9.86. The minimum Gasteiger partial charge on any atom is -0.381 e. The molecule has 0 amide bonds. The highest BCUT2D eigenvalue weighted by molar-refractivity contribution is 5.03. The largest absolute Gasteiger partial charge is 0.381 e. The normalized spacial score (nSPS) is 23.0. The summed E-state index contributed by atoms with van der Waals surface area (Å²) in [6, 6.07) is 0.214. The Kier molecular flexibility index (Phi) is 4.58. The van der Waals surface area contributed by atoms with E-state index in [0.717, 1.165) is 32.7 Å². The van der Waals surface area contributed by atoms with E-state index < -0.39 is 0 Å². The first-order chi connectivity index (χ1) is 6.79. The monoisotopic (exact) mass is 199 g/mol. The number of ether oxygens (including phenoxy) is 2. The van der Waals surface area contributed by atoms with Crippen molar-refractivity contribution in [3.05, 3.63) is 12.7 Å². The molecular weight excluding hydrogens is 178 g/mol. The zero-order valence-corrected chi connectivity index (χ0v) is 9.21. The van der Waals surface area contributed by atoms with Gasteiger partial charge in [-0.1, -0.05) is 6.08 Å². The van der Waals surface area contributed by atoms with Crippen LogP contribution in [0.1, 0.15) is 19.8 Å². The molecular formula is C11H21NO2.